The van der Waals surface area contributed by atoms with Crippen LogP contribution in [0.15, 0.2) is 42.5 Å². The summed E-state index contributed by atoms with van der Waals surface area (Å²) in [7, 11) is 4.45. The summed E-state index contributed by atoms with van der Waals surface area (Å²) in [6.45, 7) is 1.39. The summed E-state index contributed by atoms with van der Waals surface area (Å²) in [5.74, 6) is -0.690. The second-order valence-electron chi connectivity index (χ2n) is 5.84. The van der Waals surface area contributed by atoms with Gasteiger partial charge in [-0.1, -0.05) is 12.1 Å². The molecule has 0 aliphatic heterocycles. The van der Waals surface area contributed by atoms with E-state index in [1.165, 1.54) is 52.5 Å². The van der Waals surface area contributed by atoms with Crippen molar-refractivity contribution in [2.24, 2.45) is 0 Å². The lowest BCUT2D eigenvalue weighted by atomic mass is 10.1. The van der Waals surface area contributed by atoms with Crippen molar-refractivity contribution in [2.75, 3.05) is 26.6 Å². The molecule has 2 rings (SSSR count). The number of anilines is 1. The molecular formula is C21H22FNO6. The van der Waals surface area contributed by atoms with E-state index in [-0.39, 0.29) is 5.69 Å². The first-order valence-electron chi connectivity index (χ1n) is 8.63. The first kappa shape index (κ1) is 21.7. The molecule has 0 radical (unpaired) electrons. The molecule has 0 spiro atoms. The monoisotopic (exact) mass is 403 g/mol. The van der Waals surface area contributed by atoms with E-state index in [4.69, 9.17) is 18.9 Å². The first-order chi connectivity index (χ1) is 13.9. The topological polar surface area (TPSA) is 83.1 Å². The molecule has 0 saturated carbocycles. The third-order valence-electron chi connectivity index (χ3n) is 3.89. The van der Waals surface area contributed by atoms with Crippen LogP contribution in [0.5, 0.6) is 17.2 Å². The van der Waals surface area contributed by atoms with Crippen molar-refractivity contribution in [3.05, 3.63) is 53.9 Å². The largest absolute Gasteiger partial charge is 0.493 e. The Bertz CT molecular complexity index is 887. The van der Waals surface area contributed by atoms with E-state index < -0.39 is 23.8 Å². The number of ether oxygens (including phenoxy) is 4. The fourth-order valence-electron chi connectivity index (χ4n) is 2.43. The van der Waals surface area contributed by atoms with Gasteiger partial charge in [0.25, 0.3) is 5.91 Å². The number of nitrogens with one attached hydrogen (secondary N) is 1. The summed E-state index contributed by atoms with van der Waals surface area (Å²) in [5, 5.41) is 2.37. The van der Waals surface area contributed by atoms with E-state index in [9.17, 15) is 14.0 Å². The van der Waals surface area contributed by atoms with Crippen LogP contribution >= 0.6 is 0 Å². The van der Waals surface area contributed by atoms with Gasteiger partial charge in [0.2, 0.25) is 5.75 Å². The summed E-state index contributed by atoms with van der Waals surface area (Å²) in [6.07, 6.45) is 1.52. The highest BCUT2D eigenvalue weighted by Crippen LogP contribution is 2.38. The zero-order valence-corrected chi connectivity index (χ0v) is 16.5. The van der Waals surface area contributed by atoms with Gasteiger partial charge in [-0.3, -0.25) is 4.79 Å². The molecule has 0 saturated heterocycles. The predicted molar refractivity (Wildman–Crippen MR) is 106 cm³/mol. The Kier molecular flexibility index (Phi) is 7.59. The first-order valence-corrected chi connectivity index (χ1v) is 8.63. The van der Waals surface area contributed by atoms with E-state index in [0.29, 0.717) is 22.8 Å². The second kappa shape index (κ2) is 10.1. The van der Waals surface area contributed by atoms with Crippen molar-refractivity contribution < 1.29 is 32.9 Å². The molecule has 0 bridgehead atoms. The molecule has 2 aromatic carbocycles. The van der Waals surface area contributed by atoms with Gasteiger partial charge < -0.3 is 24.3 Å². The molecule has 2 aromatic rings. The van der Waals surface area contributed by atoms with E-state index in [1.54, 1.807) is 18.2 Å². The number of carbonyl (C=O) groups is 2. The van der Waals surface area contributed by atoms with Crippen LogP contribution in [0.4, 0.5) is 10.1 Å². The Hall–Kier alpha value is -3.55. The Balaban J connectivity index is 2.03. The van der Waals surface area contributed by atoms with Crippen LogP contribution in [0, 0.1) is 5.82 Å². The van der Waals surface area contributed by atoms with E-state index in [2.05, 4.69) is 5.32 Å². The van der Waals surface area contributed by atoms with Crippen molar-refractivity contribution in [2.45, 2.75) is 13.0 Å². The molecule has 0 fully saturated rings. The van der Waals surface area contributed by atoms with Crippen molar-refractivity contribution >= 4 is 23.6 Å². The van der Waals surface area contributed by atoms with Gasteiger partial charge in [0.1, 0.15) is 5.82 Å². The lowest BCUT2D eigenvalue weighted by Crippen LogP contribution is -2.29. The Labute approximate surface area is 168 Å². The molecule has 0 heterocycles. The van der Waals surface area contributed by atoms with Crippen LogP contribution in [0.1, 0.15) is 12.5 Å². The molecule has 0 unspecified atom stereocenters. The number of hydrogen-bond donors (Lipinski definition) is 1. The Morgan fingerprint density at radius 3 is 2.21 bits per heavy atom. The van der Waals surface area contributed by atoms with E-state index >= 15 is 0 Å². The number of esters is 1. The maximum Gasteiger partial charge on any atom is 0.331 e. The highest BCUT2D eigenvalue weighted by molar-refractivity contribution is 5.96. The Morgan fingerprint density at radius 2 is 1.66 bits per heavy atom. The van der Waals surface area contributed by atoms with E-state index in [0.717, 1.165) is 6.08 Å². The second-order valence-corrected chi connectivity index (χ2v) is 5.84. The van der Waals surface area contributed by atoms with Crippen molar-refractivity contribution in [3.8, 4) is 17.2 Å². The maximum absolute atomic E-state index is 13.6. The molecule has 154 valence electrons. The predicted octanol–water partition coefficient (Wildman–Crippen LogP) is 3.44. The highest BCUT2D eigenvalue weighted by Gasteiger charge is 2.18. The quantitative estimate of drug-likeness (QED) is 0.537. The van der Waals surface area contributed by atoms with Gasteiger partial charge in [-0.05, 0) is 42.8 Å². The number of benzene rings is 2. The van der Waals surface area contributed by atoms with E-state index in [1.807, 2.05) is 0 Å². The lowest BCUT2D eigenvalue weighted by molar-refractivity contribution is -0.148. The number of amides is 1. The van der Waals surface area contributed by atoms with Crippen LogP contribution in [0.25, 0.3) is 6.08 Å². The minimum absolute atomic E-state index is 0.00774. The zero-order chi connectivity index (χ0) is 21.4. The summed E-state index contributed by atoms with van der Waals surface area (Å²) in [5.41, 5.74) is 0.605. The maximum atomic E-state index is 13.6. The molecule has 1 amide bonds. The number of hydrogen-bond acceptors (Lipinski definition) is 6. The molecule has 0 aromatic heterocycles. The van der Waals surface area contributed by atoms with Gasteiger partial charge >= 0.3 is 5.97 Å². The third-order valence-corrected chi connectivity index (χ3v) is 3.89. The van der Waals surface area contributed by atoms with Gasteiger partial charge in [-0.25, -0.2) is 9.18 Å². The summed E-state index contributed by atoms with van der Waals surface area (Å²) in [6, 6.07) is 9.01. The van der Waals surface area contributed by atoms with Gasteiger partial charge in [0.15, 0.2) is 17.6 Å². The highest BCUT2D eigenvalue weighted by atomic mass is 19.1. The van der Waals surface area contributed by atoms with Crippen molar-refractivity contribution in [3.63, 3.8) is 0 Å². The minimum Gasteiger partial charge on any atom is -0.493 e. The number of carbonyl (C=O) groups excluding carboxylic acids is 2. The van der Waals surface area contributed by atoms with Gasteiger partial charge in [-0.15, -0.1) is 0 Å². The van der Waals surface area contributed by atoms with Crippen LogP contribution in [0.3, 0.4) is 0 Å². The SMILES string of the molecule is COc1cc(/C=C/C(=O)O[C@@H](C)C(=O)Nc2ccccc2F)cc(OC)c1OC. The number of rotatable bonds is 8. The Morgan fingerprint density at radius 1 is 1.03 bits per heavy atom. The van der Waals surface area contributed by atoms with Crippen LogP contribution in [0.2, 0.25) is 0 Å². The summed E-state index contributed by atoms with van der Waals surface area (Å²) >= 11 is 0. The number of methoxy groups -OCH3 is 3. The molecule has 8 heteroatoms. The van der Waals surface area contributed by atoms with Crippen molar-refractivity contribution in [1.29, 1.82) is 0 Å². The molecular weight excluding hydrogens is 381 g/mol. The molecule has 0 aliphatic rings. The standard InChI is InChI=1S/C21H22FNO6/c1-13(21(25)23-16-8-6-5-7-15(16)22)29-19(24)10-9-14-11-17(26-2)20(28-4)18(12-14)27-3/h5-13H,1-4H3,(H,23,25)/b10-9+/t13-/m0/s1. The van der Waals surface area contributed by atoms with Gasteiger partial charge in [-0.2, -0.15) is 0 Å². The summed E-state index contributed by atoms with van der Waals surface area (Å²) in [4.78, 5) is 24.1. The van der Waals surface area contributed by atoms with Crippen LogP contribution in [-0.4, -0.2) is 39.3 Å². The summed E-state index contributed by atoms with van der Waals surface area (Å²) < 4.78 is 34.4. The average Bonchev–Trinajstić information content (AvgIpc) is 2.72. The normalized spacial score (nSPS) is 11.6. The lowest BCUT2D eigenvalue weighted by Gasteiger charge is -2.13. The van der Waals surface area contributed by atoms with Crippen LogP contribution < -0.4 is 19.5 Å². The fourth-order valence-corrected chi connectivity index (χ4v) is 2.43. The molecule has 1 atom stereocenters. The van der Waals surface area contributed by atoms with Gasteiger partial charge in [0.05, 0.1) is 27.0 Å². The fraction of sp³-hybridized carbons (Fsp3) is 0.238. The minimum atomic E-state index is -1.12. The average molecular weight is 403 g/mol. The molecule has 7 nitrogen and oxygen atoms in total. The number of halogens is 1. The third kappa shape index (κ3) is 5.71. The zero-order valence-electron chi connectivity index (χ0n) is 16.5. The smallest absolute Gasteiger partial charge is 0.331 e. The number of para-hydroxylation sites is 1. The van der Waals surface area contributed by atoms with Gasteiger partial charge in [0, 0.05) is 6.08 Å². The molecule has 0 aliphatic carbocycles. The van der Waals surface area contributed by atoms with Crippen LogP contribution in [-0.2, 0) is 14.3 Å². The molecule has 29 heavy (non-hydrogen) atoms. The molecule has 1 N–H and O–H groups in total. The van der Waals surface area contributed by atoms with Crippen molar-refractivity contribution in [1.82, 2.24) is 0 Å².